The lowest BCUT2D eigenvalue weighted by Crippen LogP contribution is -2.73. The van der Waals surface area contributed by atoms with E-state index in [0.29, 0.717) is 0 Å². The molecule has 0 saturated heterocycles. The van der Waals surface area contributed by atoms with E-state index >= 15 is 0 Å². The highest BCUT2D eigenvalue weighted by molar-refractivity contribution is 7.70. The zero-order valence-electron chi connectivity index (χ0n) is 9.83. The summed E-state index contributed by atoms with van der Waals surface area (Å²) in [5, 5.41) is 0. The summed E-state index contributed by atoms with van der Waals surface area (Å²) >= 11 is 12.5. The normalized spacial score (nSPS) is 15.2. The Morgan fingerprint density at radius 1 is 0.692 bits per heavy atom. The van der Waals surface area contributed by atoms with Crippen molar-refractivity contribution in [1.29, 1.82) is 0 Å². The van der Waals surface area contributed by atoms with Crippen LogP contribution >= 0.6 is 23.2 Å². The van der Waals surface area contributed by atoms with Crippen molar-refractivity contribution in [2.45, 2.75) is 50.3 Å². The fraction of sp³-hybridized carbons (Fsp3) is 1.00. The highest BCUT2D eigenvalue weighted by atomic mass is 35.5. The zero-order chi connectivity index (χ0) is 11.1. The summed E-state index contributed by atoms with van der Waals surface area (Å²) in [5.74, 6) is 0. The highest BCUT2D eigenvalue weighted by Crippen LogP contribution is 2.35. The second-order valence-electron chi connectivity index (χ2n) is 6.00. The summed E-state index contributed by atoms with van der Waals surface area (Å²) in [6, 6.07) is 0. The lowest BCUT2D eigenvalue weighted by Gasteiger charge is -2.48. The van der Waals surface area contributed by atoms with Crippen molar-refractivity contribution in [2.24, 2.45) is 0 Å². The molecular weight excluding hydrogens is 251 g/mol. The van der Waals surface area contributed by atoms with E-state index in [0.717, 1.165) is 0 Å². The van der Waals surface area contributed by atoms with E-state index in [1.807, 2.05) is 0 Å². The monoisotopic (exact) mass is 272 g/mol. The lowest BCUT2D eigenvalue weighted by molar-refractivity contribution is 1.64. The molecule has 0 fully saturated rings. The van der Waals surface area contributed by atoms with E-state index in [1.165, 1.54) is 0 Å². The summed E-state index contributed by atoms with van der Waals surface area (Å²) in [7, 11) is -3.77. The Kier molecular flexibility index (Phi) is 4.38. The van der Waals surface area contributed by atoms with Gasteiger partial charge in [0.15, 0.2) is 0 Å². The number of hydrogen-bond donors (Lipinski definition) is 0. The molecule has 0 aromatic carbocycles. The zero-order valence-corrected chi connectivity index (χ0v) is 14.3. The van der Waals surface area contributed by atoms with Gasteiger partial charge in [0.05, 0.1) is 11.6 Å². The molecule has 5 heteroatoms. The molecule has 0 saturated carbocycles. The van der Waals surface area contributed by atoms with Crippen molar-refractivity contribution < 1.29 is 0 Å². The third kappa shape index (κ3) is 2.62. The van der Waals surface area contributed by atoms with Crippen LogP contribution in [0.3, 0.4) is 0 Å². The molecule has 0 unspecified atom stereocenters. The van der Waals surface area contributed by atoms with Gasteiger partial charge in [-0.1, -0.05) is 45.8 Å². The molecule has 0 atom stereocenters. The third-order valence-corrected chi connectivity index (χ3v) is 49.4. The van der Waals surface area contributed by atoms with Crippen molar-refractivity contribution in [3.8, 4) is 0 Å². The molecule has 0 rings (SSSR count). The summed E-state index contributed by atoms with van der Waals surface area (Å²) < 4.78 is -0.0779. The van der Waals surface area contributed by atoms with Gasteiger partial charge in [0.2, 0.25) is 0 Å². The van der Waals surface area contributed by atoms with E-state index in [4.69, 9.17) is 23.2 Å². The highest BCUT2D eigenvalue weighted by Gasteiger charge is 2.54. The fourth-order valence-electron chi connectivity index (χ4n) is 1.78. The van der Waals surface area contributed by atoms with Gasteiger partial charge in [-0.25, -0.2) is 0 Å². The van der Waals surface area contributed by atoms with Crippen molar-refractivity contribution in [1.82, 2.24) is 0 Å². The Morgan fingerprint density at radius 2 is 0.923 bits per heavy atom. The summed E-state index contributed by atoms with van der Waals surface area (Å²) in [4.78, 5) is 0. The Hall–Kier alpha value is 1.23. The molecule has 0 heterocycles. The molecule has 0 amide bonds. The summed E-state index contributed by atoms with van der Waals surface area (Å²) in [6.07, 6.45) is 0. The molecule has 13 heavy (non-hydrogen) atoms. The molecule has 0 nitrogen and oxygen atoms in total. The maximum Gasteiger partial charge on any atom is 0.0928 e. The maximum atomic E-state index is 6.25. The molecule has 0 aliphatic rings. The average molecular weight is 273 g/mol. The van der Waals surface area contributed by atoms with Crippen LogP contribution in [0.5, 0.6) is 0 Å². The summed E-state index contributed by atoms with van der Waals surface area (Å²) in [5.41, 5.74) is 0. The number of hydrogen-bond acceptors (Lipinski definition) is 0. The van der Waals surface area contributed by atoms with Crippen molar-refractivity contribution >= 4 is 45.5 Å². The van der Waals surface area contributed by atoms with Gasteiger partial charge in [0, 0.05) is 15.2 Å². The van der Waals surface area contributed by atoms with Gasteiger partial charge in [0.25, 0.3) is 0 Å². The molecule has 0 aliphatic heterocycles. The molecule has 0 radical (unpaired) electrons. The first-order valence-corrected chi connectivity index (χ1v) is 17.2. The molecule has 0 bridgehead atoms. The van der Waals surface area contributed by atoms with Crippen LogP contribution in [0, 0.1) is 0 Å². The topological polar surface area (TPSA) is 0 Å². The molecule has 80 valence electrons. The minimum absolute atomic E-state index is 0.0779. The quantitative estimate of drug-likeness (QED) is 0.533. The van der Waals surface area contributed by atoms with Crippen LogP contribution in [0.1, 0.15) is 0 Å². The second-order valence-corrected chi connectivity index (χ2v) is 36.5. The van der Waals surface area contributed by atoms with Crippen LogP contribution in [0.4, 0.5) is 0 Å². The van der Waals surface area contributed by atoms with E-state index in [1.54, 1.807) is 0 Å². The lowest BCUT2D eigenvalue weighted by atomic mass is 11.8. The predicted octanol–water partition coefficient (Wildman–Crippen LogP) is 4.24. The van der Waals surface area contributed by atoms with E-state index < -0.39 is 22.3 Å². The minimum atomic E-state index is -1.42. The van der Waals surface area contributed by atoms with Crippen LogP contribution in [-0.4, -0.2) is 26.8 Å². The van der Waals surface area contributed by atoms with Crippen LogP contribution in [0.25, 0.3) is 0 Å². The van der Waals surface area contributed by atoms with Gasteiger partial charge < -0.3 is 0 Å². The Bertz CT molecular complexity index is 165. The molecule has 0 aromatic heterocycles. The Morgan fingerprint density at radius 3 is 0.923 bits per heavy atom. The summed E-state index contributed by atoms with van der Waals surface area (Å²) in [6.45, 7) is 17.0. The van der Waals surface area contributed by atoms with E-state index in [-0.39, 0.29) is 4.46 Å². The SMILES string of the molecule is C[Si](C)(C)[Si](C)(C(Cl)Cl)[Si](C)(C)C. The number of halogens is 2. The van der Waals surface area contributed by atoms with E-state index in [9.17, 15) is 0 Å². The molecule has 0 aliphatic carbocycles. The largest absolute Gasteiger partial charge is 0.110 e. The van der Waals surface area contributed by atoms with Crippen LogP contribution in [0.15, 0.2) is 0 Å². The van der Waals surface area contributed by atoms with Gasteiger partial charge in [-0.15, -0.1) is 23.2 Å². The predicted molar refractivity (Wildman–Crippen MR) is 73.8 cm³/mol. The standard InChI is InChI=1S/C8H22Cl2Si3/c1-11(2,3)13(7,8(9)10)12(4,5)6/h8H,1-7H3. The Balaban J connectivity index is 5.22. The first kappa shape index (κ1) is 14.2. The van der Waals surface area contributed by atoms with Crippen LogP contribution in [0.2, 0.25) is 45.8 Å². The molecule has 0 spiro atoms. The maximum absolute atomic E-state index is 6.25. The van der Waals surface area contributed by atoms with E-state index in [2.05, 4.69) is 45.8 Å². The first-order valence-electron chi connectivity index (χ1n) is 4.73. The average Bonchev–Trinajstić information content (AvgIpc) is 1.80. The van der Waals surface area contributed by atoms with Crippen LogP contribution in [-0.2, 0) is 0 Å². The molecule has 0 aromatic rings. The van der Waals surface area contributed by atoms with Gasteiger partial charge in [-0.3, -0.25) is 0 Å². The van der Waals surface area contributed by atoms with Gasteiger partial charge in [-0.05, 0) is 0 Å². The van der Waals surface area contributed by atoms with Gasteiger partial charge in [-0.2, -0.15) is 0 Å². The van der Waals surface area contributed by atoms with Crippen molar-refractivity contribution in [3.05, 3.63) is 0 Å². The van der Waals surface area contributed by atoms with Crippen molar-refractivity contribution in [3.63, 3.8) is 0 Å². The van der Waals surface area contributed by atoms with Gasteiger partial charge in [0.1, 0.15) is 0 Å². The Labute approximate surface area is 95.6 Å². The smallest absolute Gasteiger partial charge is 0.0928 e. The second kappa shape index (κ2) is 4.00. The molecular formula is C8H22Cl2Si3. The van der Waals surface area contributed by atoms with Crippen LogP contribution < -0.4 is 0 Å². The number of rotatable bonds is 3. The molecule has 0 N–H and O–H groups in total. The first-order chi connectivity index (χ1) is 5.44. The van der Waals surface area contributed by atoms with Crippen molar-refractivity contribution in [2.75, 3.05) is 0 Å². The number of alkyl halides is 2. The minimum Gasteiger partial charge on any atom is -0.110 e. The fourth-order valence-corrected chi connectivity index (χ4v) is 48.1. The third-order valence-electron chi connectivity index (χ3n) is 3.55. The van der Waals surface area contributed by atoms with Gasteiger partial charge >= 0.3 is 0 Å².